The second kappa shape index (κ2) is 4.52. The quantitative estimate of drug-likeness (QED) is 0.734. The number of amides is 1. The first-order valence-electron chi connectivity index (χ1n) is 6.15. The molecule has 86 valence electrons. The molecule has 0 radical (unpaired) electrons. The summed E-state index contributed by atoms with van der Waals surface area (Å²) in [7, 11) is 0. The zero-order valence-electron chi connectivity index (χ0n) is 9.64. The van der Waals surface area contributed by atoms with Gasteiger partial charge in [-0.25, -0.2) is 0 Å². The van der Waals surface area contributed by atoms with Crippen molar-refractivity contribution in [3.05, 3.63) is 0 Å². The van der Waals surface area contributed by atoms with E-state index in [0.717, 1.165) is 19.6 Å². The lowest BCUT2D eigenvalue weighted by molar-refractivity contribution is -0.122. The third-order valence-corrected chi connectivity index (χ3v) is 3.69. The first-order valence-corrected chi connectivity index (χ1v) is 6.15. The zero-order chi connectivity index (χ0) is 10.7. The molecule has 1 heterocycles. The van der Waals surface area contributed by atoms with Crippen LogP contribution < -0.4 is 10.6 Å². The van der Waals surface area contributed by atoms with E-state index < -0.39 is 0 Å². The summed E-state index contributed by atoms with van der Waals surface area (Å²) in [5.74, 6) is 0.808. The highest BCUT2D eigenvalue weighted by molar-refractivity contribution is 5.76. The fourth-order valence-corrected chi connectivity index (χ4v) is 2.13. The normalized spacial score (nSPS) is 28.5. The van der Waals surface area contributed by atoms with Crippen molar-refractivity contribution in [2.45, 2.75) is 39.0 Å². The topological polar surface area (TPSA) is 41.1 Å². The Bertz CT molecular complexity index is 230. The number of hydrogen-bond acceptors (Lipinski definition) is 2. The van der Waals surface area contributed by atoms with Gasteiger partial charge in [-0.3, -0.25) is 4.79 Å². The lowest BCUT2D eigenvalue weighted by Crippen LogP contribution is -2.35. The highest BCUT2D eigenvalue weighted by Crippen LogP contribution is 2.44. The smallest absolute Gasteiger partial charge is 0.220 e. The van der Waals surface area contributed by atoms with Crippen LogP contribution >= 0.6 is 0 Å². The van der Waals surface area contributed by atoms with Crippen LogP contribution in [-0.2, 0) is 4.79 Å². The predicted molar refractivity (Wildman–Crippen MR) is 60.6 cm³/mol. The van der Waals surface area contributed by atoms with E-state index in [1.807, 2.05) is 0 Å². The van der Waals surface area contributed by atoms with Gasteiger partial charge in [0.15, 0.2) is 0 Å². The zero-order valence-corrected chi connectivity index (χ0v) is 9.64. The van der Waals surface area contributed by atoms with Gasteiger partial charge in [0.05, 0.1) is 0 Å². The van der Waals surface area contributed by atoms with Crippen molar-refractivity contribution in [1.82, 2.24) is 10.6 Å². The van der Waals surface area contributed by atoms with Gasteiger partial charge in [-0.1, -0.05) is 6.92 Å². The van der Waals surface area contributed by atoms with Crippen molar-refractivity contribution in [1.29, 1.82) is 0 Å². The van der Waals surface area contributed by atoms with Gasteiger partial charge in [0, 0.05) is 13.0 Å². The molecule has 1 saturated carbocycles. The predicted octanol–water partition coefficient (Wildman–Crippen LogP) is 1.29. The monoisotopic (exact) mass is 210 g/mol. The van der Waals surface area contributed by atoms with E-state index in [4.69, 9.17) is 0 Å². The Hall–Kier alpha value is -0.570. The maximum absolute atomic E-state index is 11.6. The van der Waals surface area contributed by atoms with E-state index in [1.54, 1.807) is 0 Å². The number of nitrogens with one attached hydrogen (secondary N) is 2. The average Bonchev–Trinajstić information content (AvgIpc) is 2.96. The second-order valence-corrected chi connectivity index (χ2v) is 5.50. The Morgan fingerprint density at radius 1 is 1.53 bits per heavy atom. The standard InChI is InChI=1S/C12H22N2O/c1-12(4-5-12)9-14-11(15)7-10-3-2-6-13-8-10/h10,13H,2-9H2,1H3,(H,14,15). The number of piperidine rings is 1. The van der Waals surface area contributed by atoms with E-state index in [2.05, 4.69) is 17.6 Å². The summed E-state index contributed by atoms with van der Waals surface area (Å²) < 4.78 is 0. The first-order chi connectivity index (χ1) is 7.18. The summed E-state index contributed by atoms with van der Waals surface area (Å²) in [5, 5.41) is 6.41. The third kappa shape index (κ3) is 3.49. The summed E-state index contributed by atoms with van der Waals surface area (Å²) in [4.78, 5) is 11.6. The molecule has 0 aromatic heterocycles. The van der Waals surface area contributed by atoms with Gasteiger partial charge >= 0.3 is 0 Å². The molecule has 2 N–H and O–H groups in total. The highest BCUT2D eigenvalue weighted by Gasteiger charge is 2.37. The minimum atomic E-state index is 0.247. The Morgan fingerprint density at radius 2 is 2.33 bits per heavy atom. The van der Waals surface area contributed by atoms with Crippen LogP contribution in [0.15, 0.2) is 0 Å². The molecule has 3 heteroatoms. The van der Waals surface area contributed by atoms with Gasteiger partial charge < -0.3 is 10.6 Å². The van der Waals surface area contributed by atoms with Gasteiger partial charge in [0.1, 0.15) is 0 Å². The largest absolute Gasteiger partial charge is 0.356 e. The average molecular weight is 210 g/mol. The second-order valence-electron chi connectivity index (χ2n) is 5.50. The third-order valence-electron chi connectivity index (χ3n) is 3.69. The van der Waals surface area contributed by atoms with Crippen molar-refractivity contribution in [3.8, 4) is 0 Å². The molecule has 0 aromatic rings. The van der Waals surface area contributed by atoms with E-state index >= 15 is 0 Å². The number of hydrogen-bond donors (Lipinski definition) is 2. The highest BCUT2D eigenvalue weighted by atomic mass is 16.1. The summed E-state index contributed by atoms with van der Waals surface area (Å²) >= 11 is 0. The molecule has 1 aliphatic heterocycles. The SMILES string of the molecule is CC1(CNC(=O)CC2CCCNC2)CC1. The maximum atomic E-state index is 11.6. The van der Waals surface area contributed by atoms with E-state index in [1.165, 1.54) is 25.7 Å². The molecule has 0 spiro atoms. The van der Waals surface area contributed by atoms with Crippen LogP contribution in [0.5, 0.6) is 0 Å². The van der Waals surface area contributed by atoms with Crippen LogP contribution in [0.2, 0.25) is 0 Å². The van der Waals surface area contributed by atoms with E-state index in [9.17, 15) is 4.79 Å². The number of carbonyl (C=O) groups is 1. The summed E-state index contributed by atoms with van der Waals surface area (Å²) in [6.45, 7) is 5.27. The summed E-state index contributed by atoms with van der Waals surface area (Å²) in [6.07, 6.45) is 5.69. The number of rotatable bonds is 4. The molecule has 0 aromatic carbocycles. The minimum Gasteiger partial charge on any atom is -0.356 e. The van der Waals surface area contributed by atoms with Gasteiger partial charge in [0.2, 0.25) is 5.91 Å². The Balaban J connectivity index is 1.62. The fourth-order valence-electron chi connectivity index (χ4n) is 2.13. The van der Waals surface area contributed by atoms with E-state index in [-0.39, 0.29) is 5.91 Å². The van der Waals surface area contributed by atoms with Crippen LogP contribution in [0.3, 0.4) is 0 Å². The Kier molecular flexibility index (Phi) is 3.29. The number of carbonyl (C=O) groups excluding carboxylic acids is 1. The molecule has 15 heavy (non-hydrogen) atoms. The van der Waals surface area contributed by atoms with Gasteiger partial charge in [0.25, 0.3) is 0 Å². The van der Waals surface area contributed by atoms with Crippen molar-refractivity contribution >= 4 is 5.91 Å². The van der Waals surface area contributed by atoms with Crippen LogP contribution in [0.25, 0.3) is 0 Å². The maximum Gasteiger partial charge on any atom is 0.220 e. The van der Waals surface area contributed by atoms with Crippen molar-refractivity contribution in [2.24, 2.45) is 11.3 Å². The molecule has 2 aliphatic rings. The molecule has 1 unspecified atom stereocenters. The first kappa shape index (κ1) is 10.9. The molecule has 1 saturated heterocycles. The van der Waals surface area contributed by atoms with Crippen LogP contribution in [0.4, 0.5) is 0 Å². The minimum absolute atomic E-state index is 0.247. The lowest BCUT2D eigenvalue weighted by Gasteiger charge is -2.22. The summed E-state index contributed by atoms with van der Waals surface area (Å²) in [5.41, 5.74) is 0.431. The molecule has 1 aliphatic carbocycles. The molecule has 2 fully saturated rings. The van der Waals surface area contributed by atoms with Gasteiger partial charge in [-0.2, -0.15) is 0 Å². The van der Waals surface area contributed by atoms with Crippen LogP contribution in [0, 0.1) is 11.3 Å². The molecule has 3 nitrogen and oxygen atoms in total. The summed E-state index contributed by atoms with van der Waals surface area (Å²) in [6, 6.07) is 0. The van der Waals surface area contributed by atoms with Crippen LogP contribution in [-0.4, -0.2) is 25.5 Å². The molecular formula is C12H22N2O. The molecule has 2 rings (SSSR count). The molecule has 1 amide bonds. The molecule has 0 bridgehead atoms. The molecular weight excluding hydrogens is 188 g/mol. The van der Waals surface area contributed by atoms with Crippen molar-refractivity contribution < 1.29 is 4.79 Å². The fraction of sp³-hybridized carbons (Fsp3) is 0.917. The Morgan fingerprint density at radius 3 is 2.93 bits per heavy atom. The van der Waals surface area contributed by atoms with E-state index in [0.29, 0.717) is 17.8 Å². The van der Waals surface area contributed by atoms with Gasteiger partial charge in [-0.15, -0.1) is 0 Å². The Labute approximate surface area is 92.0 Å². The lowest BCUT2D eigenvalue weighted by atomic mass is 9.96. The molecule has 1 atom stereocenters. The van der Waals surface area contributed by atoms with Crippen LogP contribution in [0.1, 0.15) is 39.0 Å². The van der Waals surface area contributed by atoms with Gasteiger partial charge in [-0.05, 0) is 50.1 Å². The van der Waals surface area contributed by atoms with Crippen molar-refractivity contribution in [3.63, 3.8) is 0 Å². The van der Waals surface area contributed by atoms with Crippen molar-refractivity contribution in [2.75, 3.05) is 19.6 Å².